The van der Waals surface area contributed by atoms with Crippen LogP contribution in [-0.2, 0) is 4.79 Å². The zero-order valence-corrected chi connectivity index (χ0v) is 9.96. The first-order valence-electron chi connectivity index (χ1n) is 5.75. The van der Waals surface area contributed by atoms with Crippen molar-refractivity contribution in [3.63, 3.8) is 0 Å². The van der Waals surface area contributed by atoms with E-state index in [2.05, 4.69) is 0 Å². The van der Waals surface area contributed by atoms with Gasteiger partial charge in [-0.15, -0.1) is 0 Å². The highest BCUT2D eigenvalue weighted by Crippen LogP contribution is 2.22. The van der Waals surface area contributed by atoms with Gasteiger partial charge >= 0.3 is 0 Å². The summed E-state index contributed by atoms with van der Waals surface area (Å²) in [7, 11) is 0. The van der Waals surface area contributed by atoms with Gasteiger partial charge in [-0.1, -0.05) is 30.2 Å². The summed E-state index contributed by atoms with van der Waals surface area (Å²) in [6.45, 7) is 0. The number of carbonyl (C=O) groups excluding carboxylic acids is 1. The van der Waals surface area contributed by atoms with Crippen LogP contribution in [0.25, 0.3) is 6.08 Å². The average molecular weight is 235 g/mol. The predicted molar refractivity (Wildman–Crippen MR) is 67.5 cm³/mol. The van der Waals surface area contributed by atoms with Crippen LogP contribution in [0.1, 0.15) is 37.7 Å². The number of carbonyl (C=O) groups is 1. The van der Waals surface area contributed by atoms with Crippen molar-refractivity contribution in [3.05, 3.63) is 40.4 Å². The van der Waals surface area contributed by atoms with Crippen LogP contribution in [0.4, 0.5) is 0 Å². The van der Waals surface area contributed by atoms with Gasteiger partial charge in [0.1, 0.15) is 0 Å². The molecule has 1 aliphatic carbocycles. The number of ketones is 1. The maximum atomic E-state index is 11.8. The first-order chi connectivity index (χ1) is 7.75. The van der Waals surface area contributed by atoms with Crippen LogP contribution in [0, 0.1) is 0 Å². The van der Waals surface area contributed by atoms with E-state index in [1.165, 1.54) is 6.42 Å². The van der Waals surface area contributed by atoms with Gasteiger partial charge < -0.3 is 0 Å². The molecule has 84 valence electrons. The minimum Gasteiger partial charge on any atom is -0.295 e. The van der Waals surface area contributed by atoms with Crippen molar-refractivity contribution in [2.75, 3.05) is 0 Å². The Morgan fingerprint density at radius 2 is 1.94 bits per heavy atom. The standard InChI is InChI=1S/C14H15ClO/c15-13-7-4-5-11(10-13)9-12-6-2-1-3-8-14(12)16/h4-5,7,9-10H,1-3,6,8H2/b12-9-. The Morgan fingerprint density at radius 3 is 2.75 bits per heavy atom. The lowest BCUT2D eigenvalue weighted by Crippen LogP contribution is -1.99. The summed E-state index contributed by atoms with van der Waals surface area (Å²) >= 11 is 5.92. The van der Waals surface area contributed by atoms with Crippen LogP contribution in [0.3, 0.4) is 0 Å². The fourth-order valence-corrected chi connectivity index (χ4v) is 2.23. The highest BCUT2D eigenvalue weighted by Gasteiger charge is 2.12. The van der Waals surface area contributed by atoms with E-state index in [0.29, 0.717) is 12.2 Å². The molecule has 0 saturated heterocycles. The second-order valence-electron chi connectivity index (χ2n) is 4.21. The van der Waals surface area contributed by atoms with Crippen molar-refractivity contribution in [1.82, 2.24) is 0 Å². The van der Waals surface area contributed by atoms with Gasteiger partial charge in [-0.25, -0.2) is 0 Å². The van der Waals surface area contributed by atoms with Crippen molar-refractivity contribution in [2.45, 2.75) is 32.1 Å². The molecule has 0 bridgehead atoms. The molecule has 0 amide bonds. The molecule has 0 unspecified atom stereocenters. The number of Topliss-reactive ketones (excluding diaryl/α,β-unsaturated/α-hetero) is 1. The summed E-state index contributed by atoms with van der Waals surface area (Å²) in [5, 5.41) is 0.718. The molecule has 0 spiro atoms. The quantitative estimate of drug-likeness (QED) is 0.524. The fourth-order valence-electron chi connectivity index (χ4n) is 2.03. The molecule has 0 heterocycles. The number of benzene rings is 1. The summed E-state index contributed by atoms with van der Waals surface area (Å²) in [5.74, 6) is 0.303. The van der Waals surface area contributed by atoms with Gasteiger partial charge in [-0.2, -0.15) is 0 Å². The average Bonchev–Trinajstić information content (AvgIpc) is 2.45. The van der Waals surface area contributed by atoms with Crippen LogP contribution < -0.4 is 0 Å². The zero-order chi connectivity index (χ0) is 11.4. The Hall–Kier alpha value is -1.08. The summed E-state index contributed by atoms with van der Waals surface area (Å²) in [5.41, 5.74) is 1.98. The van der Waals surface area contributed by atoms with Gasteiger partial charge in [0.05, 0.1) is 0 Å². The molecule has 1 aromatic rings. The summed E-state index contributed by atoms with van der Waals surface area (Å²) in [6, 6.07) is 7.64. The van der Waals surface area contributed by atoms with Crippen LogP contribution in [0.5, 0.6) is 0 Å². The van der Waals surface area contributed by atoms with Gasteiger partial charge in [0.15, 0.2) is 5.78 Å². The van der Waals surface area contributed by atoms with Gasteiger partial charge in [0.2, 0.25) is 0 Å². The number of hydrogen-bond donors (Lipinski definition) is 0. The number of rotatable bonds is 1. The van der Waals surface area contributed by atoms with Crippen LogP contribution in [0.2, 0.25) is 5.02 Å². The van der Waals surface area contributed by atoms with E-state index >= 15 is 0 Å². The Morgan fingerprint density at radius 1 is 1.12 bits per heavy atom. The lowest BCUT2D eigenvalue weighted by Gasteiger charge is -2.02. The molecule has 0 aliphatic heterocycles. The SMILES string of the molecule is O=C1CCCCC/C1=C/c1cccc(Cl)c1. The maximum absolute atomic E-state index is 11.8. The van der Waals surface area contributed by atoms with Gasteiger partial charge in [-0.05, 0) is 48.6 Å². The van der Waals surface area contributed by atoms with Crippen molar-refractivity contribution < 1.29 is 4.79 Å². The lowest BCUT2D eigenvalue weighted by molar-refractivity contribution is -0.115. The first kappa shape index (κ1) is 11.4. The lowest BCUT2D eigenvalue weighted by atomic mass is 10.0. The molecule has 0 aromatic heterocycles. The molecule has 0 radical (unpaired) electrons. The van der Waals surface area contributed by atoms with Crippen LogP contribution in [0.15, 0.2) is 29.8 Å². The van der Waals surface area contributed by atoms with Gasteiger partial charge in [0.25, 0.3) is 0 Å². The van der Waals surface area contributed by atoms with E-state index in [1.54, 1.807) is 0 Å². The number of hydrogen-bond acceptors (Lipinski definition) is 1. The number of halogens is 1. The van der Waals surface area contributed by atoms with E-state index in [4.69, 9.17) is 11.6 Å². The molecule has 1 aromatic carbocycles. The first-order valence-corrected chi connectivity index (χ1v) is 6.13. The van der Waals surface area contributed by atoms with E-state index in [-0.39, 0.29) is 0 Å². The monoisotopic (exact) mass is 234 g/mol. The second kappa shape index (κ2) is 5.31. The minimum absolute atomic E-state index is 0.303. The van der Waals surface area contributed by atoms with E-state index in [0.717, 1.165) is 35.4 Å². The third-order valence-electron chi connectivity index (χ3n) is 2.90. The number of allylic oxidation sites excluding steroid dienone is 1. The van der Waals surface area contributed by atoms with E-state index < -0.39 is 0 Å². The van der Waals surface area contributed by atoms with Gasteiger partial charge in [0, 0.05) is 11.4 Å². The topological polar surface area (TPSA) is 17.1 Å². The Balaban J connectivity index is 2.24. The van der Waals surface area contributed by atoms with E-state index in [1.807, 2.05) is 30.3 Å². The molecule has 1 nitrogen and oxygen atoms in total. The van der Waals surface area contributed by atoms with Crippen LogP contribution in [-0.4, -0.2) is 5.78 Å². The van der Waals surface area contributed by atoms with Gasteiger partial charge in [-0.3, -0.25) is 4.79 Å². The summed E-state index contributed by atoms with van der Waals surface area (Å²) < 4.78 is 0. The van der Waals surface area contributed by atoms with Crippen molar-refractivity contribution in [2.24, 2.45) is 0 Å². The molecule has 2 heteroatoms. The molecular formula is C14H15ClO. The third-order valence-corrected chi connectivity index (χ3v) is 3.13. The van der Waals surface area contributed by atoms with Crippen LogP contribution >= 0.6 is 11.6 Å². The molecule has 0 N–H and O–H groups in total. The largest absolute Gasteiger partial charge is 0.295 e. The Labute approximate surface area is 101 Å². The highest BCUT2D eigenvalue weighted by atomic mass is 35.5. The fraction of sp³-hybridized carbons (Fsp3) is 0.357. The third kappa shape index (κ3) is 2.96. The molecule has 1 aliphatic rings. The summed E-state index contributed by atoms with van der Waals surface area (Å²) in [6.07, 6.45) is 6.92. The molecule has 1 saturated carbocycles. The smallest absolute Gasteiger partial charge is 0.158 e. The zero-order valence-electron chi connectivity index (χ0n) is 9.21. The van der Waals surface area contributed by atoms with Crippen molar-refractivity contribution in [3.8, 4) is 0 Å². The Bertz CT molecular complexity index is 420. The molecule has 2 rings (SSSR count). The van der Waals surface area contributed by atoms with Crippen molar-refractivity contribution in [1.29, 1.82) is 0 Å². The second-order valence-corrected chi connectivity index (χ2v) is 4.64. The molecule has 1 fully saturated rings. The normalized spacial score (nSPS) is 19.8. The van der Waals surface area contributed by atoms with Crippen molar-refractivity contribution >= 4 is 23.5 Å². The van der Waals surface area contributed by atoms with E-state index in [9.17, 15) is 4.79 Å². The minimum atomic E-state index is 0.303. The Kier molecular flexibility index (Phi) is 3.79. The summed E-state index contributed by atoms with van der Waals surface area (Å²) in [4.78, 5) is 11.8. The molecule has 16 heavy (non-hydrogen) atoms. The predicted octanol–water partition coefficient (Wildman–Crippen LogP) is 4.26. The molecular weight excluding hydrogens is 220 g/mol. The maximum Gasteiger partial charge on any atom is 0.158 e. The molecule has 0 atom stereocenters. The highest BCUT2D eigenvalue weighted by molar-refractivity contribution is 6.30.